The normalized spacial score (nSPS) is 14.5. The molecule has 0 atom stereocenters. The first-order chi connectivity index (χ1) is 10.9. The van der Waals surface area contributed by atoms with E-state index in [1.807, 2.05) is 13.8 Å². The molecule has 1 amide bonds. The molecule has 0 saturated carbocycles. The maximum absolute atomic E-state index is 12.8. The molecule has 1 aliphatic heterocycles. The Bertz CT molecular complexity index is 667. The Balaban J connectivity index is 2.39. The number of carbonyl (C=O) groups excluding carboxylic acids is 1. The molecule has 0 saturated heterocycles. The SMILES string of the molecule is CCCN(CCC)S(=O)(=O)c1ccc2c(c1)OCCN2C(C)=O. The number of carbonyl (C=O) groups is 1. The molecular formula is C16H24N2O4S. The summed E-state index contributed by atoms with van der Waals surface area (Å²) in [5.41, 5.74) is 0.625. The number of benzene rings is 1. The highest BCUT2D eigenvalue weighted by molar-refractivity contribution is 7.89. The van der Waals surface area contributed by atoms with Gasteiger partial charge >= 0.3 is 0 Å². The monoisotopic (exact) mass is 340 g/mol. The number of nitrogens with zero attached hydrogens (tertiary/aromatic N) is 2. The Morgan fingerprint density at radius 2 is 1.91 bits per heavy atom. The minimum atomic E-state index is -3.55. The first kappa shape index (κ1) is 17.7. The van der Waals surface area contributed by atoms with Crippen LogP contribution in [-0.4, -0.2) is 44.9 Å². The molecule has 0 spiro atoms. The number of sulfonamides is 1. The van der Waals surface area contributed by atoms with Crippen molar-refractivity contribution in [2.75, 3.05) is 31.1 Å². The highest BCUT2D eigenvalue weighted by atomic mass is 32.2. The predicted octanol–water partition coefficient (Wildman–Crippen LogP) is 2.24. The van der Waals surface area contributed by atoms with Crippen molar-refractivity contribution in [3.8, 4) is 5.75 Å². The van der Waals surface area contributed by atoms with Crippen LogP contribution in [0.2, 0.25) is 0 Å². The second kappa shape index (κ2) is 7.31. The number of amides is 1. The molecule has 23 heavy (non-hydrogen) atoms. The molecule has 2 rings (SSSR count). The second-order valence-corrected chi connectivity index (χ2v) is 7.49. The molecule has 0 radical (unpaired) electrons. The Morgan fingerprint density at radius 1 is 1.26 bits per heavy atom. The van der Waals surface area contributed by atoms with Gasteiger partial charge in [-0.05, 0) is 25.0 Å². The van der Waals surface area contributed by atoms with E-state index in [9.17, 15) is 13.2 Å². The lowest BCUT2D eigenvalue weighted by atomic mass is 10.2. The van der Waals surface area contributed by atoms with E-state index in [1.165, 1.54) is 17.3 Å². The molecule has 6 nitrogen and oxygen atoms in total. The molecule has 128 valence electrons. The van der Waals surface area contributed by atoms with Crippen LogP contribution < -0.4 is 9.64 Å². The third-order valence-electron chi connectivity index (χ3n) is 3.76. The fourth-order valence-electron chi connectivity index (χ4n) is 2.69. The van der Waals surface area contributed by atoms with Crippen LogP contribution >= 0.6 is 0 Å². The van der Waals surface area contributed by atoms with Crippen LogP contribution in [0.15, 0.2) is 23.1 Å². The molecule has 1 aromatic rings. The van der Waals surface area contributed by atoms with Crippen LogP contribution in [0, 0.1) is 0 Å². The van der Waals surface area contributed by atoms with Crippen molar-refractivity contribution in [1.29, 1.82) is 0 Å². The first-order valence-corrected chi connectivity index (χ1v) is 9.41. The quantitative estimate of drug-likeness (QED) is 0.796. The van der Waals surface area contributed by atoms with Crippen molar-refractivity contribution in [1.82, 2.24) is 4.31 Å². The van der Waals surface area contributed by atoms with Gasteiger partial charge in [-0.25, -0.2) is 8.42 Å². The van der Waals surface area contributed by atoms with Gasteiger partial charge in [-0.2, -0.15) is 4.31 Å². The van der Waals surface area contributed by atoms with Gasteiger partial charge < -0.3 is 9.64 Å². The summed E-state index contributed by atoms with van der Waals surface area (Å²) < 4.78 is 32.7. The van der Waals surface area contributed by atoms with Crippen molar-refractivity contribution in [2.45, 2.75) is 38.5 Å². The minimum absolute atomic E-state index is 0.0799. The van der Waals surface area contributed by atoms with Gasteiger partial charge in [0, 0.05) is 26.1 Å². The summed E-state index contributed by atoms with van der Waals surface area (Å²) in [5, 5.41) is 0. The summed E-state index contributed by atoms with van der Waals surface area (Å²) >= 11 is 0. The summed E-state index contributed by atoms with van der Waals surface area (Å²) in [6, 6.07) is 4.73. The maximum Gasteiger partial charge on any atom is 0.243 e. The lowest BCUT2D eigenvalue weighted by Gasteiger charge is -2.29. The van der Waals surface area contributed by atoms with Gasteiger partial charge in [0.25, 0.3) is 0 Å². The lowest BCUT2D eigenvalue weighted by Crippen LogP contribution is -2.36. The number of anilines is 1. The Labute approximate surface area is 138 Å². The summed E-state index contributed by atoms with van der Waals surface area (Å²) in [6.07, 6.45) is 1.53. The van der Waals surface area contributed by atoms with Crippen LogP contribution in [0.4, 0.5) is 5.69 Å². The molecule has 1 heterocycles. The summed E-state index contributed by atoms with van der Waals surface area (Å²) in [5.74, 6) is 0.365. The summed E-state index contributed by atoms with van der Waals surface area (Å²) in [7, 11) is -3.55. The van der Waals surface area contributed by atoms with Crippen LogP contribution in [0.1, 0.15) is 33.6 Å². The van der Waals surface area contributed by atoms with Crippen molar-refractivity contribution < 1.29 is 17.9 Å². The minimum Gasteiger partial charge on any atom is -0.489 e. The van der Waals surface area contributed by atoms with Crippen LogP contribution in [0.25, 0.3) is 0 Å². The molecular weight excluding hydrogens is 316 g/mol. The van der Waals surface area contributed by atoms with E-state index in [1.54, 1.807) is 17.0 Å². The number of hydrogen-bond donors (Lipinski definition) is 0. The fraction of sp³-hybridized carbons (Fsp3) is 0.562. The molecule has 0 aromatic heterocycles. The number of rotatable bonds is 6. The van der Waals surface area contributed by atoms with Gasteiger partial charge in [-0.3, -0.25) is 4.79 Å². The van der Waals surface area contributed by atoms with Crippen molar-refractivity contribution in [2.24, 2.45) is 0 Å². The Kier molecular flexibility index (Phi) is 5.64. The highest BCUT2D eigenvalue weighted by Gasteiger charge is 2.27. The number of fused-ring (bicyclic) bond motifs is 1. The number of ether oxygens (including phenoxy) is 1. The zero-order valence-electron chi connectivity index (χ0n) is 13.9. The van der Waals surface area contributed by atoms with Crippen molar-refractivity contribution >= 4 is 21.6 Å². The number of hydrogen-bond acceptors (Lipinski definition) is 4. The van der Waals surface area contributed by atoms with Crippen LogP contribution in [0.3, 0.4) is 0 Å². The third kappa shape index (κ3) is 3.67. The largest absolute Gasteiger partial charge is 0.489 e. The van der Waals surface area contributed by atoms with E-state index in [-0.39, 0.29) is 10.8 Å². The fourth-order valence-corrected chi connectivity index (χ4v) is 4.33. The zero-order valence-corrected chi connectivity index (χ0v) is 14.7. The molecule has 1 aliphatic rings. The van der Waals surface area contributed by atoms with E-state index in [2.05, 4.69) is 0 Å². The topological polar surface area (TPSA) is 66.9 Å². The van der Waals surface area contributed by atoms with Gasteiger partial charge in [0.15, 0.2) is 0 Å². The van der Waals surface area contributed by atoms with E-state index in [0.717, 1.165) is 12.8 Å². The van der Waals surface area contributed by atoms with E-state index in [0.29, 0.717) is 37.7 Å². The van der Waals surface area contributed by atoms with Gasteiger partial charge in [0.05, 0.1) is 17.1 Å². The second-order valence-electron chi connectivity index (χ2n) is 5.55. The highest BCUT2D eigenvalue weighted by Crippen LogP contribution is 2.34. The van der Waals surface area contributed by atoms with Crippen molar-refractivity contribution in [3.05, 3.63) is 18.2 Å². The van der Waals surface area contributed by atoms with E-state index in [4.69, 9.17) is 4.74 Å². The van der Waals surface area contributed by atoms with Gasteiger partial charge in [-0.15, -0.1) is 0 Å². The maximum atomic E-state index is 12.8. The van der Waals surface area contributed by atoms with Gasteiger partial charge in [0.1, 0.15) is 12.4 Å². The van der Waals surface area contributed by atoms with E-state index < -0.39 is 10.0 Å². The Hall–Kier alpha value is -1.60. The predicted molar refractivity (Wildman–Crippen MR) is 89.3 cm³/mol. The molecule has 1 aromatic carbocycles. The molecule has 0 aliphatic carbocycles. The zero-order chi connectivity index (χ0) is 17.0. The van der Waals surface area contributed by atoms with Gasteiger partial charge in [0.2, 0.25) is 15.9 Å². The lowest BCUT2D eigenvalue weighted by molar-refractivity contribution is -0.116. The smallest absolute Gasteiger partial charge is 0.243 e. The van der Waals surface area contributed by atoms with Crippen LogP contribution in [-0.2, 0) is 14.8 Å². The summed E-state index contributed by atoms with van der Waals surface area (Å²) in [4.78, 5) is 13.5. The average molecular weight is 340 g/mol. The van der Waals surface area contributed by atoms with Gasteiger partial charge in [-0.1, -0.05) is 13.8 Å². The summed E-state index contributed by atoms with van der Waals surface area (Å²) in [6.45, 7) is 7.24. The molecule has 0 N–H and O–H groups in total. The first-order valence-electron chi connectivity index (χ1n) is 7.97. The molecule has 0 unspecified atom stereocenters. The third-order valence-corrected chi connectivity index (χ3v) is 5.65. The molecule has 0 bridgehead atoms. The Morgan fingerprint density at radius 3 is 2.48 bits per heavy atom. The standard InChI is InChI=1S/C16H24N2O4S/c1-4-8-17(9-5-2)23(20,21)14-6-7-15-16(12-14)22-11-10-18(15)13(3)19/h6-7,12H,4-5,8-11H2,1-3H3. The molecule has 7 heteroatoms. The van der Waals surface area contributed by atoms with E-state index >= 15 is 0 Å². The molecule has 0 fully saturated rings. The van der Waals surface area contributed by atoms with Crippen molar-refractivity contribution in [3.63, 3.8) is 0 Å². The average Bonchev–Trinajstić information content (AvgIpc) is 2.53. The van der Waals surface area contributed by atoms with Crippen LogP contribution in [0.5, 0.6) is 5.75 Å².